The highest BCUT2D eigenvalue weighted by Gasteiger charge is 2.10. The molecule has 82 valence electrons. The molecule has 0 saturated heterocycles. The molecule has 2 heterocycles. The zero-order valence-corrected chi connectivity index (χ0v) is 8.70. The largest absolute Gasteiger partial charge is 0.461 e. The Kier molecular flexibility index (Phi) is 2.90. The smallest absolute Gasteiger partial charge is 0.358 e. The van der Waals surface area contributed by atoms with Crippen LogP contribution in [0.15, 0.2) is 31.1 Å². The Morgan fingerprint density at radius 3 is 3.00 bits per heavy atom. The minimum absolute atomic E-state index is 0.257. The summed E-state index contributed by atoms with van der Waals surface area (Å²) in [6, 6.07) is 0. The van der Waals surface area contributed by atoms with Crippen LogP contribution in [0.3, 0.4) is 0 Å². The summed E-state index contributed by atoms with van der Waals surface area (Å²) in [7, 11) is 0. The number of carbonyl (C=O) groups is 1. The fourth-order valence-corrected chi connectivity index (χ4v) is 1.18. The van der Waals surface area contributed by atoms with E-state index >= 15 is 0 Å². The van der Waals surface area contributed by atoms with E-state index in [4.69, 9.17) is 4.74 Å². The molecule has 0 bridgehead atoms. The summed E-state index contributed by atoms with van der Waals surface area (Å²) in [5.41, 5.74) is 0.257. The molecule has 0 saturated carbocycles. The lowest BCUT2D eigenvalue weighted by Gasteiger charge is -1.98. The highest BCUT2D eigenvalue weighted by Crippen LogP contribution is 2.04. The van der Waals surface area contributed by atoms with E-state index in [-0.39, 0.29) is 5.69 Å². The molecule has 2 aromatic rings. The van der Waals surface area contributed by atoms with Crippen LogP contribution in [-0.4, -0.2) is 32.1 Å². The molecule has 0 fully saturated rings. The number of esters is 1. The number of hydrogen-bond donors (Lipinski definition) is 0. The molecule has 0 aliphatic carbocycles. The van der Waals surface area contributed by atoms with Gasteiger partial charge in [0, 0.05) is 18.6 Å². The molecule has 2 aromatic heterocycles. The molecule has 16 heavy (non-hydrogen) atoms. The molecule has 2 rings (SSSR count). The number of ether oxygens (including phenoxy) is 1. The molecule has 6 heteroatoms. The van der Waals surface area contributed by atoms with Crippen LogP contribution in [0.1, 0.15) is 17.4 Å². The summed E-state index contributed by atoms with van der Waals surface area (Å²) >= 11 is 0. The monoisotopic (exact) mass is 218 g/mol. The van der Waals surface area contributed by atoms with Gasteiger partial charge >= 0.3 is 5.97 Å². The van der Waals surface area contributed by atoms with Crippen molar-refractivity contribution in [1.82, 2.24) is 19.5 Å². The third kappa shape index (κ3) is 2.05. The standard InChI is InChI=1S/C10H10N4O2/c1-2-16-10(15)8-6-14(7-13-8)9-5-11-3-4-12-9/h3-7H,2H2,1H3. The first-order valence-electron chi connectivity index (χ1n) is 4.78. The Labute approximate surface area is 91.9 Å². The first kappa shape index (κ1) is 10.3. The molecule has 0 spiro atoms. The molecule has 0 radical (unpaired) electrons. The molecule has 0 unspecified atom stereocenters. The van der Waals surface area contributed by atoms with Crippen LogP contribution in [0.4, 0.5) is 0 Å². The maximum absolute atomic E-state index is 11.4. The zero-order valence-electron chi connectivity index (χ0n) is 8.70. The molecule has 0 aromatic carbocycles. The summed E-state index contributed by atoms with van der Waals surface area (Å²) in [4.78, 5) is 23.3. The highest BCUT2D eigenvalue weighted by atomic mass is 16.5. The highest BCUT2D eigenvalue weighted by molar-refractivity contribution is 5.87. The van der Waals surface area contributed by atoms with Crippen molar-refractivity contribution in [3.05, 3.63) is 36.8 Å². The lowest BCUT2D eigenvalue weighted by atomic mass is 10.5. The molecule has 0 N–H and O–H groups in total. The van der Waals surface area contributed by atoms with Gasteiger partial charge in [-0.05, 0) is 6.92 Å². The van der Waals surface area contributed by atoms with E-state index in [1.165, 1.54) is 6.33 Å². The van der Waals surface area contributed by atoms with Gasteiger partial charge < -0.3 is 4.74 Å². The minimum Gasteiger partial charge on any atom is -0.461 e. The van der Waals surface area contributed by atoms with Gasteiger partial charge in [-0.15, -0.1) is 0 Å². The maximum atomic E-state index is 11.4. The van der Waals surface area contributed by atoms with Gasteiger partial charge in [-0.3, -0.25) is 9.55 Å². The molecular formula is C10H10N4O2. The first-order chi connectivity index (χ1) is 7.81. The van der Waals surface area contributed by atoms with Gasteiger partial charge in [-0.1, -0.05) is 0 Å². The van der Waals surface area contributed by atoms with E-state index in [1.54, 1.807) is 36.3 Å². The first-order valence-corrected chi connectivity index (χ1v) is 4.78. The second kappa shape index (κ2) is 4.52. The number of nitrogens with zero attached hydrogens (tertiary/aromatic N) is 4. The molecule has 0 atom stereocenters. The molecule has 6 nitrogen and oxygen atoms in total. The van der Waals surface area contributed by atoms with Gasteiger partial charge in [0.2, 0.25) is 0 Å². The van der Waals surface area contributed by atoms with Gasteiger partial charge in [-0.25, -0.2) is 14.8 Å². The van der Waals surface area contributed by atoms with Crippen LogP contribution in [0.2, 0.25) is 0 Å². The predicted octanol–water partition coefficient (Wildman–Crippen LogP) is 0.839. The number of hydrogen-bond acceptors (Lipinski definition) is 5. The number of aromatic nitrogens is 4. The van der Waals surface area contributed by atoms with Crippen molar-refractivity contribution < 1.29 is 9.53 Å². The average molecular weight is 218 g/mol. The van der Waals surface area contributed by atoms with E-state index < -0.39 is 5.97 Å². The van der Waals surface area contributed by atoms with Crippen LogP contribution in [0.25, 0.3) is 5.82 Å². The van der Waals surface area contributed by atoms with Crippen molar-refractivity contribution in [2.24, 2.45) is 0 Å². The fraction of sp³-hybridized carbons (Fsp3) is 0.200. The molecule has 0 aliphatic heterocycles. The second-order valence-corrected chi connectivity index (χ2v) is 2.95. The van der Waals surface area contributed by atoms with Crippen LogP contribution in [0, 0.1) is 0 Å². The lowest BCUT2D eigenvalue weighted by molar-refractivity contribution is 0.0520. The zero-order chi connectivity index (χ0) is 11.4. The fourth-order valence-electron chi connectivity index (χ4n) is 1.18. The van der Waals surface area contributed by atoms with E-state index in [0.29, 0.717) is 12.4 Å². The Morgan fingerprint density at radius 1 is 1.44 bits per heavy atom. The van der Waals surface area contributed by atoms with Crippen molar-refractivity contribution >= 4 is 5.97 Å². The maximum Gasteiger partial charge on any atom is 0.358 e. The average Bonchev–Trinajstić information content (AvgIpc) is 2.80. The number of carbonyl (C=O) groups excluding carboxylic acids is 1. The Bertz CT molecular complexity index is 481. The summed E-state index contributed by atoms with van der Waals surface area (Å²) < 4.78 is 6.44. The Balaban J connectivity index is 2.23. The van der Waals surface area contributed by atoms with Gasteiger partial charge in [-0.2, -0.15) is 0 Å². The summed E-state index contributed by atoms with van der Waals surface area (Å²) in [5.74, 6) is 0.163. The summed E-state index contributed by atoms with van der Waals surface area (Å²) in [5, 5.41) is 0. The topological polar surface area (TPSA) is 69.9 Å². The van der Waals surface area contributed by atoms with Crippen LogP contribution < -0.4 is 0 Å². The van der Waals surface area contributed by atoms with Crippen LogP contribution >= 0.6 is 0 Å². The number of imidazole rings is 1. The van der Waals surface area contributed by atoms with E-state index in [1.807, 2.05) is 0 Å². The van der Waals surface area contributed by atoms with Crippen molar-refractivity contribution in [2.45, 2.75) is 6.92 Å². The van der Waals surface area contributed by atoms with E-state index in [0.717, 1.165) is 0 Å². The third-order valence-corrected chi connectivity index (χ3v) is 1.88. The predicted molar refractivity (Wildman–Crippen MR) is 55.1 cm³/mol. The third-order valence-electron chi connectivity index (χ3n) is 1.88. The van der Waals surface area contributed by atoms with Crippen molar-refractivity contribution in [1.29, 1.82) is 0 Å². The summed E-state index contributed by atoms with van der Waals surface area (Å²) in [6.07, 6.45) is 7.78. The van der Waals surface area contributed by atoms with E-state index in [9.17, 15) is 4.79 Å². The van der Waals surface area contributed by atoms with Gasteiger partial charge in [0.1, 0.15) is 6.33 Å². The molecule has 0 aliphatic rings. The second-order valence-electron chi connectivity index (χ2n) is 2.95. The van der Waals surface area contributed by atoms with Crippen molar-refractivity contribution in [3.8, 4) is 5.82 Å². The Morgan fingerprint density at radius 2 is 2.31 bits per heavy atom. The van der Waals surface area contributed by atoms with Gasteiger partial charge in [0.15, 0.2) is 11.5 Å². The normalized spacial score (nSPS) is 10.1. The van der Waals surface area contributed by atoms with Crippen molar-refractivity contribution in [2.75, 3.05) is 6.61 Å². The molecular weight excluding hydrogens is 208 g/mol. The minimum atomic E-state index is -0.440. The van der Waals surface area contributed by atoms with Gasteiger partial charge in [0.25, 0.3) is 0 Å². The van der Waals surface area contributed by atoms with Crippen molar-refractivity contribution in [3.63, 3.8) is 0 Å². The SMILES string of the molecule is CCOC(=O)c1cn(-c2cnccn2)cn1. The molecule has 0 amide bonds. The van der Waals surface area contributed by atoms with Gasteiger partial charge in [0.05, 0.1) is 12.8 Å². The van der Waals surface area contributed by atoms with Crippen LogP contribution in [0.5, 0.6) is 0 Å². The number of rotatable bonds is 3. The van der Waals surface area contributed by atoms with E-state index in [2.05, 4.69) is 15.0 Å². The summed E-state index contributed by atoms with van der Waals surface area (Å²) in [6.45, 7) is 2.08. The Hall–Kier alpha value is -2.24. The van der Waals surface area contributed by atoms with Crippen LogP contribution in [-0.2, 0) is 4.74 Å². The lowest BCUT2D eigenvalue weighted by Crippen LogP contribution is -2.04. The quantitative estimate of drug-likeness (QED) is 0.714.